The molecule has 1 N–H and O–H groups in total. The number of amides is 1. The molecule has 0 aromatic heterocycles. The predicted molar refractivity (Wildman–Crippen MR) is 127 cm³/mol. The number of rotatable bonds is 5. The number of benzene rings is 2. The van der Waals surface area contributed by atoms with Gasteiger partial charge in [-0.2, -0.15) is 0 Å². The summed E-state index contributed by atoms with van der Waals surface area (Å²) in [7, 11) is 0. The second-order valence-corrected chi connectivity index (χ2v) is 9.72. The van der Waals surface area contributed by atoms with Crippen molar-refractivity contribution in [2.75, 3.05) is 45.8 Å². The third kappa shape index (κ3) is 4.44. The van der Waals surface area contributed by atoms with Crippen LogP contribution in [0.25, 0.3) is 0 Å². The fourth-order valence-electron chi connectivity index (χ4n) is 5.51. The molecule has 3 heterocycles. The number of ether oxygens (including phenoxy) is 1. The monoisotopic (exact) mass is 453 g/mol. The average Bonchev–Trinajstić information content (AvgIpc) is 3.20. The first-order valence-corrected chi connectivity index (χ1v) is 12.2. The number of carbonyl (C=O) groups is 1. The summed E-state index contributed by atoms with van der Waals surface area (Å²) >= 11 is 6.47. The van der Waals surface area contributed by atoms with Crippen LogP contribution in [0.1, 0.15) is 29.5 Å². The van der Waals surface area contributed by atoms with E-state index in [0.717, 1.165) is 69.2 Å². The van der Waals surface area contributed by atoms with Crippen LogP contribution in [0.5, 0.6) is 0 Å². The molecule has 170 valence electrons. The number of likely N-dealkylation sites (tertiary alicyclic amines) is 1. The van der Waals surface area contributed by atoms with Crippen molar-refractivity contribution in [2.24, 2.45) is 5.92 Å². The summed E-state index contributed by atoms with van der Waals surface area (Å²) < 4.78 is 6.33. The fraction of sp³-hybridized carbons (Fsp3) is 0.500. The minimum absolute atomic E-state index is 0.0844. The SMILES string of the molecule is O=C(C(Cc1ccccc1Cl)CN1CCC2(CC1)OCc1ccccc12)N1CCNCC1. The van der Waals surface area contributed by atoms with E-state index in [1.165, 1.54) is 11.1 Å². The van der Waals surface area contributed by atoms with Gasteiger partial charge in [0, 0.05) is 50.8 Å². The van der Waals surface area contributed by atoms with E-state index in [4.69, 9.17) is 16.3 Å². The largest absolute Gasteiger partial charge is 0.365 e. The van der Waals surface area contributed by atoms with Gasteiger partial charge in [-0.1, -0.05) is 54.1 Å². The molecular formula is C26H32ClN3O2. The molecule has 0 aliphatic carbocycles. The number of hydrogen-bond acceptors (Lipinski definition) is 4. The quantitative estimate of drug-likeness (QED) is 0.753. The van der Waals surface area contributed by atoms with E-state index in [1.54, 1.807) is 0 Å². The maximum absolute atomic E-state index is 13.5. The highest BCUT2D eigenvalue weighted by Gasteiger charge is 2.43. The van der Waals surface area contributed by atoms with E-state index in [1.807, 2.05) is 23.1 Å². The van der Waals surface area contributed by atoms with Gasteiger partial charge in [0.15, 0.2) is 0 Å². The Hall–Kier alpha value is -1.92. The van der Waals surface area contributed by atoms with E-state index in [2.05, 4.69) is 40.5 Å². The Morgan fingerprint density at radius 2 is 1.75 bits per heavy atom. The summed E-state index contributed by atoms with van der Waals surface area (Å²) in [5, 5.41) is 4.09. The van der Waals surface area contributed by atoms with Gasteiger partial charge in [0.1, 0.15) is 0 Å². The highest BCUT2D eigenvalue weighted by molar-refractivity contribution is 6.31. The number of hydrogen-bond donors (Lipinski definition) is 1. The number of halogens is 1. The lowest BCUT2D eigenvalue weighted by atomic mass is 9.83. The zero-order chi connectivity index (χ0) is 22.0. The molecule has 2 saturated heterocycles. The van der Waals surface area contributed by atoms with E-state index in [0.29, 0.717) is 13.0 Å². The van der Waals surface area contributed by atoms with Crippen LogP contribution in [-0.4, -0.2) is 61.5 Å². The fourth-order valence-corrected chi connectivity index (χ4v) is 5.72. The van der Waals surface area contributed by atoms with Gasteiger partial charge in [0.25, 0.3) is 0 Å². The number of nitrogens with zero attached hydrogens (tertiary/aromatic N) is 2. The standard InChI is InChI=1S/C26H32ClN3O2/c27-24-8-4-2-5-20(24)17-22(25(31)30-15-11-28-12-16-30)18-29-13-9-26(10-14-29)23-7-3-1-6-21(23)19-32-26/h1-8,22,28H,9-19H2. The summed E-state index contributed by atoms with van der Waals surface area (Å²) in [5.41, 5.74) is 3.60. The first-order chi connectivity index (χ1) is 15.6. The molecule has 3 aliphatic rings. The van der Waals surface area contributed by atoms with Crippen molar-refractivity contribution in [1.82, 2.24) is 15.1 Å². The van der Waals surface area contributed by atoms with Crippen molar-refractivity contribution in [3.05, 3.63) is 70.2 Å². The summed E-state index contributed by atoms with van der Waals surface area (Å²) in [6, 6.07) is 16.5. The maximum atomic E-state index is 13.5. The molecule has 2 fully saturated rings. The lowest BCUT2D eigenvalue weighted by molar-refractivity contribution is -0.137. The maximum Gasteiger partial charge on any atom is 0.227 e. The van der Waals surface area contributed by atoms with Crippen LogP contribution in [0.15, 0.2) is 48.5 Å². The summed E-state index contributed by atoms with van der Waals surface area (Å²) in [4.78, 5) is 18.0. The number of nitrogens with one attached hydrogen (secondary N) is 1. The van der Waals surface area contributed by atoms with Crippen molar-refractivity contribution >= 4 is 17.5 Å². The molecule has 0 bridgehead atoms. The van der Waals surface area contributed by atoms with Gasteiger partial charge in [-0.25, -0.2) is 0 Å². The average molecular weight is 454 g/mol. The zero-order valence-corrected chi connectivity index (χ0v) is 19.3. The van der Waals surface area contributed by atoms with E-state index < -0.39 is 0 Å². The lowest BCUT2D eigenvalue weighted by Gasteiger charge is -2.41. The Balaban J connectivity index is 1.28. The summed E-state index contributed by atoms with van der Waals surface area (Å²) in [5.74, 6) is 0.174. The van der Waals surface area contributed by atoms with Gasteiger partial charge in [0.2, 0.25) is 5.91 Å². The molecule has 1 spiro atoms. The highest BCUT2D eigenvalue weighted by atomic mass is 35.5. The van der Waals surface area contributed by atoms with Gasteiger partial charge in [-0.05, 0) is 42.0 Å². The van der Waals surface area contributed by atoms with Gasteiger partial charge >= 0.3 is 0 Å². The Morgan fingerprint density at radius 3 is 2.53 bits per heavy atom. The number of fused-ring (bicyclic) bond motifs is 2. The van der Waals surface area contributed by atoms with Crippen molar-refractivity contribution < 1.29 is 9.53 Å². The Morgan fingerprint density at radius 1 is 1.03 bits per heavy atom. The van der Waals surface area contributed by atoms with Gasteiger partial charge in [-0.3, -0.25) is 4.79 Å². The minimum atomic E-state index is -0.145. The van der Waals surface area contributed by atoms with Crippen LogP contribution in [0.2, 0.25) is 5.02 Å². The van der Waals surface area contributed by atoms with Crippen molar-refractivity contribution in [3.63, 3.8) is 0 Å². The molecule has 0 saturated carbocycles. The summed E-state index contributed by atoms with van der Waals surface area (Å²) in [6.07, 6.45) is 2.64. The van der Waals surface area contributed by atoms with Crippen LogP contribution >= 0.6 is 11.6 Å². The molecule has 2 aromatic carbocycles. The third-order valence-electron chi connectivity index (χ3n) is 7.36. The van der Waals surface area contributed by atoms with E-state index in [-0.39, 0.29) is 17.4 Å². The van der Waals surface area contributed by atoms with E-state index in [9.17, 15) is 4.79 Å². The molecule has 3 aliphatic heterocycles. The Kier molecular flexibility index (Phi) is 6.51. The normalized spacial score (nSPS) is 21.5. The number of piperidine rings is 1. The molecule has 0 radical (unpaired) electrons. The molecule has 5 rings (SSSR count). The second kappa shape index (κ2) is 9.52. The van der Waals surface area contributed by atoms with Gasteiger partial charge in [0.05, 0.1) is 18.1 Å². The molecular weight excluding hydrogens is 422 g/mol. The molecule has 6 heteroatoms. The predicted octanol–water partition coefficient (Wildman–Crippen LogP) is 3.45. The molecule has 1 amide bonds. The van der Waals surface area contributed by atoms with Gasteiger partial charge in [-0.15, -0.1) is 0 Å². The van der Waals surface area contributed by atoms with Crippen molar-refractivity contribution in [3.8, 4) is 0 Å². The zero-order valence-electron chi connectivity index (χ0n) is 18.6. The van der Waals surface area contributed by atoms with Crippen molar-refractivity contribution in [2.45, 2.75) is 31.5 Å². The number of piperazine rings is 1. The topological polar surface area (TPSA) is 44.8 Å². The molecule has 2 aromatic rings. The van der Waals surface area contributed by atoms with Gasteiger partial charge < -0.3 is 19.9 Å². The summed E-state index contributed by atoms with van der Waals surface area (Å²) in [6.45, 7) is 6.68. The van der Waals surface area contributed by atoms with Crippen LogP contribution in [-0.2, 0) is 28.2 Å². The smallest absolute Gasteiger partial charge is 0.227 e. The van der Waals surface area contributed by atoms with Crippen LogP contribution in [0.3, 0.4) is 0 Å². The molecule has 1 unspecified atom stereocenters. The van der Waals surface area contributed by atoms with Crippen molar-refractivity contribution in [1.29, 1.82) is 0 Å². The highest BCUT2D eigenvalue weighted by Crippen LogP contribution is 2.44. The van der Waals surface area contributed by atoms with Crippen LogP contribution in [0.4, 0.5) is 0 Å². The first-order valence-electron chi connectivity index (χ1n) is 11.8. The Labute approximate surface area is 195 Å². The second-order valence-electron chi connectivity index (χ2n) is 9.31. The first kappa shape index (κ1) is 21.9. The minimum Gasteiger partial charge on any atom is -0.365 e. The van der Waals surface area contributed by atoms with Crippen LogP contribution in [0, 0.1) is 5.92 Å². The molecule has 1 atom stereocenters. The van der Waals surface area contributed by atoms with Crippen LogP contribution < -0.4 is 5.32 Å². The molecule has 5 nitrogen and oxygen atoms in total. The third-order valence-corrected chi connectivity index (χ3v) is 7.73. The number of carbonyl (C=O) groups excluding carboxylic acids is 1. The lowest BCUT2D eigenvalue weighted by Crippen LogP contribution is -2.51. The molecule has 32 heavy (non-hydrogen) atoms. The Bertz CT molecular complexity index is 952. The van der Waals surface area contributed by atoms with E-state index >= 15 is 0 Å².